The number of nitrogens with zero attached hydrogens (tertiary/aromatic N) is 1. The number of rotatable bonds is 3. The molecule has 0 radical (unpaired) electrons. The van der Waals surface area contributed by atoms with Crippen LogP contribution < -0.4 is 5.73 Å². The summed E-state index contributed by atoms with van der Waals surface area (Å²) < 4.78 is 13.4. The third-order valence-electron chi connectivity index (χ3n) is 4.08. The fourth-order valence-corrected chi connectivity index (χ4v) is 2.78. The van der Waals surface area contributed by atoms with Crippen molar-refractivity contribution in [2.45, 2.75) is 32.7 Å². The predicted octanol–water partition coefficient (Wildman–Crippen LogP) is 2.87. The lowest BCUT2D eigenvalue weighted by Crippen LogP contribution is -2.39. The summed E-state index contributed by atoms with van der Waals surface area (Å²) in [6.07, 6.45) is 2.43. The van der Waals surface area contributed by atoms with E-state index in [0.29, 0.717) is 6.54 Å². The molecule has 1 aliphatic rings. The van der Waals surface area contributed by atoms with Crippen LogP contribution in [0.4, 0.5) is 4.39 Å². The maximum atomic E-state index is 13.4. The molecule has 0 bridgehead atoms. The van der Waals surface area contributed by atoms with Crippen LogP contribution in [0.2, 0.25) is 0 Å². The Labute approximate surface area is 109 Å². The largest absolute Gasteiger partial charge is 0.329 e. The molecule has 1 saturated heterocycles. The van der Waals surface area contributed by atoms with E-state index in [0.717, 1.165) is 30.1 Å². The molecule has 0 aliphatic carbocycles. The molecular weight excluding hydrogens is 227 g/mol. The van der Waals surface area contributed by atoms with Crippen LogP contribution in [0.15, 0.2) is 18.2 Å². The lowest BCUT2D eigenvalue weighted by atomic mass is 9.94. The summed E-state index contributed by atoms with van der Waals surface area (Å²) in [5.41, 5.74) is 8.10. The number of benzene rings is 1. The zero-order chi connectivity index (χ0) is 13.1. The Morgan fingerprint density at radius 1 is 1.39 bits per heavy atom. The van der Waals surface area contributed by atoms with Gasteiger partial charge in [-0.3, -0.25) is 4.90 Å². The summed E-state index contributed by atoms with van der Waals surface area (Å²) in [5, 5.41) is 0. The second kappa shape index (κ2) is 5.81. The van der Waals surface area contributed by atoms with Gasteiger partial charge < -0.3 is 5.73 Å². The van der Waals surface area contributed by atoms with Crippen LogP contribution in [0.3, 0.4) is 0 Å². The van der Waals surface area contributed by atoms with Crippen molar-refractivity contribution >= 4 is 0 Å². The fraction of sp³-hybridized carbons (Fsp3) is 0.600. The number of hydrogen-bond acceptors (Lipinski definition) is 2. The van der Waals surface area contributed by atoms with Crippen molar-refractivity contribution in [2.24, 2.45) is 11.7 Å². The Morgan fingerprint density at radius 2 is 2.06 bits per heavy atom. The molecule has 1 unspecified atom stereocenters. The molecule has 2 nitrogen and oxygen atoms in total. The third kappa shape index (κ3) is 2.90. The first-order chi connectivity index (χ1) is 8.61. The summed E-state index contributed by atoms with van der Waals surface area (Å²) in [5.74, 6) is 0.632. The Hall–Kier alpha value is -0.930. The highest BCUT2D eigenvalue weighted by atomic mass is 19.1. The zero-order valence-electron chi connectivity index (χ0n) is 11.3. The first-order valence-electron chi connectivity index (χ1n) is 6.82. The predicted molar refractivity (Wildman–Crippen MR) is 72.9 cm³/mol. The molecule has 1 aromatic carbocycles. The molecule has 18 heavy (non-hydrogen) atoms. The van der Waals surface area contributed by atoms with Crippen LogP contribution in [0.1, 0.15) is 36.9 Å². The lowest BCUT2D eigenvalue weighted by Gasteiger charge is -2.37. The molecule has 1 fully saturated rings. The molecule has 2 rings (SSSR count). The molecule has 1 aliphatic heterocycles. The number of piperidine rings is 1. The van der Waals surface area contributed by atoms with Gasteiger partial charge in [-0.15, -0.1) is 0 Å². The molecule has 0 saturated carbocycles. The summed E-state index contributed by atoms with van der Waals surface area (Å²) >= 11 is 0. The summed E-state index contributed by atoms with van der Waals surface area (Å²) in [6.45, 7) is 7.02. The van der Waals surface area contributed by atoms with Gasteiger partial charge in [0.2, 0.25) is 0 Å². The van der Waals surface area contributed by atoms with Crippen LogP contribution in [-0.2, 0) is 0 Å². The van der Waals surface area contributed by atoms with E-state index in [-0.39, 0.29) is 11.9 Å². The highest BCUT2D eigenvalue weighted by molar-refractivity contribution is 5.30. The van der Waals surface area contributed by atoms with Gasteiger partial charge >= 0.3 is 0 Å². The molecule has 3 heteroatoms. The summed E-state index contributed by atoms with van der Waals surface area (Å²) in [4.78, 5) is 2.40. The average Bonchev–Trinajstić information content (AvgIpc) is 2.37. The molecule has 0 spiro atoms. The molecule has 100 valence electrons. The standard InChI is InChI=1S/C15H23FN2/c1-11-5-7-18(8-6-11)15(10-17)14-9-13(16)4-3-12(14)2/h3-4,9,11,15H,5-8,10,17H2,1-2H3. The van der Waals surface area contributed by atoms with E-state index < -0.39 is 0 Å². The van der Waals surface area contributed by atoms with Crippen LogP contribution in [-0.4, -0.2) is 24.5 Å². The monoisotopic (exact) mass is 250 g/mol. The van der Waals surface area contributed by atoms with Crippen molar-refractivity contribution in [3.63, 3.8) is 0 Å². The van der Waals surface area contributed by atoms with Crippen molar-refractivity contribution in [2.75, 3.05) is 19.6 Å². The van der Waals surface area contributed by atoms with Gasteiger partial charge in [0.05, 0.1) is 0 Å². The Morgan fingerprint density at radius 3 is 2.67 bits per heavy atom. The van der Waals surface area contributed by atoms with E-state index in [4.69, 9.17) is 5.73 Å². The minimum atomic E-state index is -0.167. The van der Waals surface area contributed by atoms with Gasteiger partial charge in [0.1, 0.15) is 5.82 Å². The van der Waals surface area contributed by atoms with E-state index >= 15 is 0 Å². The maximum Gasteiger partial charge on any atom is 0.123 e. The maximum absolute atomic E-state index is 13.4. The second-order valence-electron chi connectivity index (χ2n) is 5.47. The third-order valence-corrected chi connectivity index (χ3v) is 4.08. The van der Waals surface area contributed by atoms with Gasteiger partial charge in [-0.2, -0.15) is 0 Å². The van der Waals surface area contributed by atoms with Gasteiger partial charge in [0.15, 0.2) is 0 Å². The number of hydrogen-bond donors (Lipinski definition) is 1. The van der Waals surface area contributed by atoms with Crippen molar-refractivity contribution < 1.29 is 4.39 Å². The van der Waals surface area contributed by atoms with Gasteiger partial charge in [-0.25, -0.2) is 4.39 Å². The molecule has 0 amide bonds. The SMILES string of the molecule is Cc1ccc(F)cc1C(CN)N1CCC(C)CC1. The van der Waals surface area contributed by atoms with Crippen LogP contribution in [0.25, 0.3) is 0 Å². The van der Waals surface area contributed by atoms with Gasteiger partial charge in [-0.05, 0) is 62.0 Å². The zero-order valence-corrected chi connectivity index (χ0v) is 11.3. The summed E-state index contributed by atoms with van der Waals surface area (Å²) in [6, 6.07) is 5.17. The van der Waals surface area contributed by atoms with Gasteiger partial charge in [0, 0.05) is 12.6 Å². The quantitative estimate of drug-likeness (QED) is 0.893. The van der Waals surface area contributed by atoms with Crippen LogP contribution in [0.5, 0.6) is 0 Å². The van der Waals surface area contributed by atoms with Gasteiger partial charge in [-0.1, -0.05) is 13.0 Å². The van der Waals surface area contributed by atoms with Crippen molar-refractivity contribution in [1.82, 2.24) is 4.90 Å². The van der Waals surface area contributed by atoms with E-state index in [9.17, 15) is 4.39 Å². The smallest absolute Gasteiger partial charge is 0.123 e. The Balaban J connectivity index is 2.19. The number of halogens is 1. The second-order valence-corrected chi connectivity index (χ2v) is 5.47. The molecule has 1 heterocycles. The van der Waals surface area contributed by atoms with E-state index in [1.54, 1.807) is 6.07 Å². The normalized spacial score (nSPS) is 20.0. The van der Waals surface area contributed by atoms with E-state index in [2.05, 4.69) is 11.8 Å². The fourth-order valence-electron chi connectivity index (χ4n) is 2.78. The molecule has 2 N–H and O–H groups in total. The van der Waals surface area contributed by atoms with Crippen molar-refractivity contribution in [1.29, 1.82) is 0 Å². The molecule has 1 aromatic rings. The van der Waals surface area contributed by atoms with Crippen molar-refractivity contribution in [3.05, 3.63) is 35.1 Å². The minimum absolute atomic E-state index is 0.160. The van der Waals surface area contributed by atoms with Gasteiger partial charge in [0.25, 0.3) is 0 Å². The Kier molecular flexibility index (Phi) is 4.36. The van der Waals surface area contributed by atoms with Crippen LogP contribution >= 0.6 is 0 Å². The number of likely N-dealkylation sites (tertiary alicyclic amines) is 1. The molecular formula is C15H23FN2. The Bertz CT molecular complexity index is 397. The topological polar surface area (TPSA) is 29.3 Å². The van der Waals surface area contributed by atoms with Crippen molar-refractivity contribution in [3.8, 4) is 0 Å². The highest BCUT2D eigenvalue weighted by Gasteiger charge is 2.24. The number of aryl methyl sites for hydroxylation is 1. The summed E-state index contributed by atoms with van der Waals surface area (Å²) in [7, 11) is 0. The highest BCUT2D eigenvalue weighted by Crippen LogP contribution is 2.28. The van der Waals surface area contributed by atoms with E-state index in [1.165, 1.54) is 18.9 Å². The minimum Gasteiger partial charge on any atom is -0.329 e. The van der Waals surface area contributed by atoms with E-state index in [1.807, 2.05) is 13.0 Å². The first-order valence-corrected chi connectivity index (χ1v) is 6.82. The molecule has 1 atom stereocenters. The number of nitrogens with two attached hydrogens (primary N) is 1. The average molecular weight is 250 g/mol. The lowest BCUT2D eigenvalue weighted by molar-refractivity contribution is 0.140. The first kappa shape index (κ1) is 13.5. The molecule has 0 aromatic heterocycles. The van der Waals surface area contributed by atoms with Crippen LogP contribution in [0, 0.1) is 18.7 Å².